The summed E-state index contributed by atoms with van der Waals surface area (Å²) < 4.78 is 6.08. The minimum atomic E-state index is -0.680. The third kappa shape index (κ3) is 3.19. The summed E-state index contributed by atoms with van der Waals surface area (Å²) >= 11 is 0. The highest BCUT2D eigenvalue weighted by Crippen LogP contribution is 2.26. The van der Waals surface area contributed by atoms with Gasteiger partial charge in [-0.25, -0.2) is 4.79 Å². The Bertz CT molecular complexity index is 972. The van der Waals surface area contributed by atoms with Crippen LogP contribution in [-0.2, 0) is 4.79 Å². The molecule has 1 aliphatic carbocycles. The van der Waals surface area contributed by atoms with Crippen LogP contribution >= 0.6 is 0 Å². The van der Waals surface area contributed by atoms with E-state index in [0.717, 1.165) is 23.1 Å². The second kappa shape index (κ2) is 6.79. The van der Waals surface area contributed by atoms with Gasteiger partial charge in [0.1, 0.15) is 17.6 Å². The van der Waals surface area contributed by atoms with Crippen LogP contribution in [0, 0.1) is 0 Å². The highest BCUT2D eigenvalue weighted by molar-refractivity contribution is 6.06. The average molecular weight is 348 g/mol. The number of hydrogen-bond donors (Lipinski definition) is 2. The molecule has 1 fully saturated rings. The maximum absolute atomic E-state index is 11.9. The van der Waals surface area contributed by atoms with Crippen molar-refractivity contribution in [3.63, 3.8) is 0 Å². The molecular formula is C19H16N4O3. The molecule has 0 saturated carbocycles. The summed E-state index contributed by atoms with van der Waals surface area (Å²) in [5.41, 5.74) is 1.51. The topological polar surface area (TPSA) is 93.2 Å². The number of carbonyl (C=O) groups excluding carboxylic acids is 2. The largest absolute Gasteiger partial charge is 0.461 e. The Morgan fingerprint density at radius 1 is 1.15 bits per heavy atom. The van der Waals surface area contributed by atoms with Gasteiger partial charge in [-0.2, -0.15) is 0 Å². The smallest absolute Gasteiger partial charge is 0.322 e. The monoisotopic (exact) mass is 348 g/mol. The lowest BCUT2D eigenvalue weighted by Gasteiger charge is -2.14. The number of nitrogens with zero attached hydrogens (tertiary/aromatic N) is 2. The number of hydrogen-bond acceptors (Lipinski definition) is 5. The molecule has 26 heavy (non-hydrogen) atoms. The van der Waals surface area contributed by atoms with Crippen LogP contribution in [-0.4, -0.2) is 27.9 Å². The molecule has 2 aliphatic rings. The summed E-state index contributed by atoms with van der Waals surface area (Å²) in [7, 11) is 0. The predicted molar refractivity (Wildman–Crippen MR) is 95.2 cm³/mol. The van der Waals surface area contributed by atoms with E-state index < -0.39 is 12.1 Å². The van der Waals surface area contributed by atoms with Gasteiger partial charge in [-0.1, -0.05) is 18.2 Å². The molecule has 2 N–H and O–H groups in total. The first-order chi connectivity index (χ1) is 12.7. The Morgan fingerprint density at radius 2 is 2.08 bits per heavy atom. The lowest BCUT2D eigenvalue weighted by atomic mass is 10.0. The van der Waals surface area contributed by atoms with Crippen LogP contribution in [0.4, 0.5) is 4.79 Å². The number of imide groups is 1. The van der Waals surface area contributed by atoms with Gasteiger partial charge < -0.3 is 10.1 Å². The van der Waals surface area contributed by atoms with Gasteiger partial charge in [-0.15, -0.1) is 0 Å². The number of carbonyl (C=O) groups is 2. The number of urea groups is 1. The fourth-order valence-electron chi connectivity index (χ4n) is 2.90. The molecule has 1 aliphatic heterocycles. The highest BCUT2D eigenvalue weighted by atomic mass is 16.5. The van der Waals surface area contributed by atoms with Gasteiger partial charge in [0.15, 0.2) is 0 Å². The molecule has 2 aromatic heterocycles. The Kier molecular flexibility index (Phi) is 4.18. The Morgan fingerprint density at radius 3 is 2.92 bits per heavy atom. The second-order valence-electron chi connectivity index (χ2n) is 5.94. The zero-order valence-electron chi connectivity index (χ0n) is 13.8. The number of allylic oxidation sites excluding steroid dienone is 4. The fraction of sp³-hybridized carbons (Fsp3) is 0.158. The lowest BCUT2D eigenvalue weighted by Crippen LogP contribution is -2.30. The fourth-order valence-corrected chi connectivity index (χ4v) is 2.90. The number of nitrogens with one attached hydrogen (secondary N) is 2. The molecule has 7 heteroatoms. The van der Waals surface area contributed by atoms with Gasteiger partial charge in [-0.3, -0.25) is 20.1 Å². The molecule has 0 aromatic carbocycles. The van der Waals surface area contributed by atoms with Crippen molar-refractivity contribution in [3.8, 4) is 5.75 Å². The van der Waals surface area contributed by atoms with E-state index in [-0.39, 0.29) is 5.91 Å². The summed E-state index contributed by atoms with van der Waals surface area (Å²) in [5, 5.41) is 5.68. The molecule has 130 valence electrons. The van der Waals surface area contributed by atoms with Gasteiger partial charge in [-0.05, 0) is 30.2 Å². The third-order valence-electron chi connectivity index (χ3n) is 4.18. The summed E-state index contributed by atoms with van der Waals surface area (Å²) in [6.45, 7) is 0. The van der Waals surface area contributed by atoms with Crippen molar-refractivity contribution >= 4 is 22.8 Å². The molecule has 0 radical (unpaired) electrons. The van der Waals surface area contributed by atoms with Crippen LogP contribution < -0.4 is 15.4 Å². The van der Waals surface area contributed by atoms with Crippen LogP contribution in [0.2, 0.25) is 0 Å². The van der Waals surface area contributed by atoms with Gasteiger partial charge in [0, 0.05) is 25.0 Å². The number of fused-ring (bicyclic) bond motifs is 1. The predicted octanol–water partition coefficient (Wildman–Crippen LogP) is 2.38. The maximum Gasteiger partial charge on any atom is 0.322 e. The van der Waals surface area contributed by atoms with Crippen molar-refractivity contribution in [2.45, 2.75) is 18.9 Å². The SMILES string of the molecule is O=C1NC(=O)C(C2=C/C=C(/Oc3ccnc4ccncc34)CC/C=C\2)N1. The van der Waals surface area contributed by atoms with Gasteiger partial charge in [0.2, 0.25) is 0 Å². The molecule has 3 heterocycles. The third-order valence-corrected chi connectivity index (χ3v) is 4.18. The molecule has 0 spiro atoms. The molecule has 3 amide bonds. The zero-order chi connectivity index (χ0) is 17.9. The van der Waals surface area contributed by atoms with Crippen molar-refractivity contribution < 1.29 is 14.3 Å². The summed E-state index contributed by atoms with van der Waals surface area (Å²) in [4.78, 5) is 31.6. The minimum absolute atomic E-state index is 0.353. The molecule has 0 bridgehead atoms. The molecule has 1 unspecified atom stereocenters. The van der Waals surface area contributed by atoms with Crippen LogP contribution in [0.5, 0.6) is 5.75 Å². The average Bonchev–Trinajstić information content (AvgIpc) is 2.96. The van der Waals surface area contributed by atoms with Gasteiger partial charge in [0.05, 0.1) is 10.9 Å². The van der Waals surface area contributed by atoms with E-state index in [9.17, 15) is 9.59 Å². The molecule has 2 aromatic rings. The summed E-state index contributed by atoms with van der Waals surface area (Å²) in [6, 6.07) is 2.47. The van der Waals surface area contributed by atoms with Gasteiger partial charge >= 0.3 is 6.03 Å². The van der Waals surface area contributed by atoms with Crippen LogP contribution in [0.1, 0.15) is 12.8 Å². The number of pyridine rings is 2. The molecule has 1 saturated heterocycles. The zero-order valence-corrected chi connectivity index (χ0v) is 13.8. The van der Waals surface area contributed by atoms with E-state index in [1.807, 2.05) is 24.3 Å². The van der Waals surface area contributed by atoms with Crippen molar-refractivity contribution in [1.29, 1.82) is 0 Å². The van der Waals surface area contributed by atoms with E-state index in [0.29, 0.717) is 17.7 Å². The number of ether oxygens (including phenoxy) is 1. The first-order valence-corrected chi connectivity index (χ1v) is 8.26. The maximum atomic E-state index is 11.9. The standard InChI is InChI=1S/C19H16N4O3/c24-18-17(22-19(25)23-18)12-3-1-2-4-13(6-5-12)26-16-8-10-21-15-7-9-20-11-14(15)16/h1,3,5-11,17H,2,4H2,(H2,22,23,24,25)/b3-1-,12-5+,13-6+. The Balaban J connectivity index is 1.62. The Labute approximate surface area is 149 Å². The Hall–Kier alpha value is -3.48. The van der Waals surface area contributed by atoms with E-state index in [2.05, 4.69) is 20.6 Å². The minimum Gasteiger partial charge on any atom is -0.461 e. The molecule has 4 rings (SSSR count). The van der Waals surface area contributed by atoms with Crippen molar-refractivity contribution in [1.82, 2.24) is 20.6 Å². The van der Waals surface area contributed by atoms with Crippen molar-refractivity contribution in [2.24, 2.45) is 0 Å². The van der Waals surface area contributed by atoms with Crippen molar-refractivity contribution in [2.75, 3.05) is 0 Å². The number of amides is 3. The summed E-state index contributed by atoms with van der Waals surface area (Å²) in [6.07, 6.45) is 14.0. The van der Waals surface area contributed by atoms with E-state index in [1.54, 1.807) is 30.7 Å². The van der Waals surface area contributed by atoms with Gasteiger partial charge in [0.25, 0.3) is 5.91 Å². The highest BCUT2D eigenvalue weighted by Gasteiger charge is 2.31. The number of rotatable bonds is 3. The first kappa shape index (κ1) is 16.0. The van der Waals surface area contributed by atoms with E-state index >= 15 is 0 Å². The second-order valence-corrected chi connectivity index (χ2v) is 5.94. The normalized spacial score (nSPS) is 25.2. The van der Waals surface area contributed by atoms with Crippen LogP contribution in [0.15, 0.2) is 66.4 Å². The lowest BCUT2D eigenvalue weighted by molar-refractivity contribution is -0.119. The van der Waals surface area contributed by atoms with E-state index in [4.69, 9.17) is 4.74 Å². The van der Waals surface area contributed by atoms with Crippen LogP contribution in [0.25, 0.3) is 10.9 Å². The number of aromatic nitrogens is 2. The van der Waals surface area contributed by atoms with E-state index in [1.165, 1.54) is 0 Å². The molecule has 1 atom stereocenters. The quantitative estimate of drug-likeness (QED) is 0.831. The first-order valence-electron chi connectivity index (χ1n) is 8.26. The van der Waals surface area contributed by atoms with Crippen LogP contribution in [0.3, 0.4) is 0 Å². The molecular weight excluding hydrogens is 332 g/mol. The van der Waals surface area contributed by atoms with Crippen molar-refractivity contribution in [3.05, 3.63) is 66.4 Å². The molecule has 7 nitrogen and oxygen atoms in total. The summed E-state index contributed by atoms with van der Waals surface area (Å²) in [5.74, 6) is 1.09.